The first-order valence-electron chi connectivity index (χ1n) is 6.31. The van der Waals surface area contributed by atoms with Gasteiger partial charge in [0.05, 0.1) is 7.11 Å². The molecule has 17 heavy (non-hydrogen) atoms. The highest BCUT2D eigenvalue weighted by atomic mass is 16.5. The fourth-order valence-electron chi connectivity index (χ4n) is 2.21. The van der Waals surface area contributed by atoms with Gasteiger partial charge >= 0.3 is 0 Å². The fraction of sp³-hybridized carbons (Fsp3) is 0.571. The molecule has 1 aromatic rings. The highest BCUT2D eigenvalue weighted by Crippen LogP contribution is 2.22. The van der Waals surface area contributed by atoms with Gasteiger partial charge in [-0.2, -0.15) is 0 Å². The van der Waals surface area contributed by atoms with Gasteiger partial charge in [-0.15, -0.1) is 0 Å². The summed E-state index contributed by atoms with van der Waals surface area (Å²) < 4.78 is 5.25. The molecule has 1 aliphatic rings. The molecule has 1 aliphatic heterocycles. The third-order valence-electron chi connectivity index (χ3n) is 3.23. The molecule has 0 saturated heterocycles. The molecular weight excluding hydrogens is 212 g/mol. The predicted molar refractivity (Wildman–Crippen MR) is 70.5 cm³/mol. The van der Waals surface area contributed by atoms with Crippen LogP contribution >= 0.6 is 0 Å². The van der Waals surface area contributed by atoms with E-state index >= 15 is 0 Å². The van der Waals surface area contributed by atoms with Crippen molar-refractivity contribution in [1.82, 2.24) is 10.6 Å². The minimum atomic E-state index is 0.540. The van der Waals surface area contributed by atoms with Gasteiger partial charge in [0, 0.05) is 25.2 Å². The zero-order chi connectivity index (χ0) is 12.3. The molecule has 0 radical (unpaired) electrons. The van der Waals surface area contributed by atoms with Crippen LogP contribution in [-0.4, -0.2) is 25.7 Å². The van der Waals surface area contributed by atoms with Crippen LogP contribution in [-0.2, 0) is 13.0 Å². The summed E-state index contributed by atoms with van der Waals surface area (Å²) in [6.07, 6.45) is 1.10. The average Bonchev–Trinajstić information content (AvgIpc) is 2.35. The summed E-state index contributed by atoms with van der Waals surface area (Å²) in [5.74, 6) is 0.948. The van der Waals surface area contributed by atoms with Crippen molar-refractivity contribution in [1.29, 1.82) is 0 Å². The molecule has 3 nitrogen and oxygen atoms in total. The topological polar surface area (TPSA) is 33.3 Å². The maximum atomic E-state index is 5.25. The summed E-state index contributed by atoms with van der Waals surface area (Å²) in [7, 11) is 1.72. The third-order valence-corrected chi connectivity index (χ3v) is 3.23. The van der Waals surface area contributed by atoms with Crippen molar-refractivity contribution in [2.24, 2.45) is 0 Å². The number of methoxy groups -OCH3 is 1. The van der Waals surface area contributed by atoms with Crippen LogP contribution in [0, 0.1) is 0 Å². The van der Waals surface area contributed by atoms with E-state index in [0.29, 0.717) is 12.1 Å². The van der Waals surface area contributed by atoms with Crippen LogP contribution in [0.15, 0.2) is 18.2 Å². The lowest BCUT2D eigenvalue weighted by Crippen LogP contribution is -2.44. The average molecular weight is 234 g/mol. The van der Waals surface area contributed by atoms with E-state index in [9.17, 15) is 0 Å². The highest BCUT2D eigenvalue weighted by Gasteiger charge is 2.18. The van der Waals surface area contributed by atoms with Crippen molar-refractivity contribution < 1.29 is 4.74 Å². The van der Waals surface area contributed by atoms with Gasteiger partial charge in [-0.05, 0) is 29.7 Å². The van der Waals surface area contributed by atoms with Gasteiger partial charge in [0.2, 0.25) is 0 Å². The molecule has 1 atom stereocenters. The maximum Gasteiger partial charge on any atom is 0.119 e. The van der Waals surface area contributed by atoms with E-state index in [4.69, 9.17) is 4.74 Å². The summed E-state index contributed by atoms with van der Waals surface area (Å²) in [5.41, 5.74) is 2.81. The molecule has 0 bridgehead atoms. The SMILES string of the molecule is COc1ccc2c(c1)CNC(CNC(C)C)C2. The van der Waals surface area contributed by atoms with E-state index in [-0.39, 0.29) is 0 Å². The van der Waals surface area contributed by atoms with Crippen molar-refractivity contribution in [2.45, 2.75) is 38.9 Å². The van der Waals surface area contributed by atoms with E-state index in [1.54, 1.807) is 7.11 Å². The molecule has 2 N–H and O–H groups in total. The Hall–Kier alpha value is -1.06. The lowest BCUT2D eigenvalue weighted by atomic mass is 9.95. The quantitative estimate of drug-likeness (QED) is 0.832. The Kier molecular flexibility index (Phi) is 4.02. The molecular formula is C14H22N2O. The van der Waals surface area contributed by atoms with E-state index in [1.165, 1.54) is 11.1 Å². The van der Waals surface area contributed by atoms with Crippen molar-refractivity contribution in [2.75, 3.05) is 13.7 Å². The summed E-state index contributed by atoms with van der Waals surface area (Å²) >= 11 is 0. The Morgan fingerprint density at radius 2 is 2.24 bits per heavy atom. The normalized spacial score (nSPS) is 19.2. The fourth-order valence-corrected chi connectivity index (χ4v) is 2.21. The zero-order valence-electron chi connectivity index (χ0n) is 10.9. The molecule has 2 rings (SSSR count). The monoisotopic (exact) mass is 234 g/mol. The van der Waals surface area contributed by atoms with Crippen molar-refractivity contribution in [3.05, 3.63) is 29.3 Å². The Balaban J connectivity index is 1.99. The molecule has 1 aromatic carbocycles. The van der Waals surface area contributed by atoms with Crippen LogP contribution in [0.1, 0.15) is 25.0 Å². The Morgan fingerprint density at radius 3 is 2.94 bits per heavy atom. The Labute approximate surface area is 104 Å². The molecule has 3 heteroatoms. The predicted octanol–water partition coefficient (Wildman–Crippen LogP) is 1.71. The minimum absolute atomic E-state index is 0.540. The molecule has 1 heterocycles. The summed E-state index contributed by atoms with van der Waals surface area (Å²) in [5, 5.41) is 7.05. The maximum absolute atomic E-state index is 5.25. The van der Waals surface area contributed by atoms with Gasteiger partial charge in [0.25, 0.3) is 0 Å². The van der Waals surface area contributed by atoms with Crippen LogP contribution < -0.4 is 15.4 Å². The van der Waals surface area contributed by atoms with Crippen molar-refractivity contribution >= 4 is 0 Å². The van der Waals surface area contributed by atoms with Crippen molar-refractivity contribution in [3.8, 4) is 5.75 Å². The second-order valence-corrected chi connectivity index (χ2v) is 4.98. The first kappa shape index (κ1) is 12.4. The number of rotatable bonds is 4. The smallest absolute Gasteiger partial charge is 0.119 e. The second kappa shape index (κ2) is 5.52. The third kappa shape index (κ3) is 3.20. The van der Waals surface area contributed by atoms with Crippen LogP contribution in [0.3, 0.4) is 0 Å². The van der Waals surface area contributed by atoms with Gasteiger partial charge in [0.15, 0.2) is 0 Å². The van der Waals surface area contributed by atoms with Gasteiger partial charge < -0.3 is 15.4 Å². The largest absolute Gasteiger partial charge is 0.497 e. The standard InChI is InChI=1S/C14H22N2O/c1-10(2)15-9-13-6-11-4-5-14(17-3)7-12(11)8-16-13/h4-5,7,10,13,15-16H,6,8-9H2,1-3H3. The number of benzene rings is 1. The van der Waals surface area contributed by atoms with Gasteiger partial charge in [-0.1, -0.05) is 19.9 Å². The van der Waals surface area contributed by atoms with Gasteiger partial charge in [-0.25, -0.2) is 0 Å². The summed E-state index contributed by atoms with van der Waals surface area (Å²) in [6, 6.07) is 7.47. The van der Waals surface area contributed by atoms with E-state index in [0.717, 1.165) is 25.3 Å². The van der Waals surface area contributed by atoms with Gasteiger partial charge in [0.1, 0.15) is 5.75 Å². The highest BCUT2D eigenvalue weighted by molar-refractivity contribution is 5.37. The molecule has 0 spiro atoms. The summed E-state index contributed by atoms with van der Waals surface area (Å²) in [4.78, 5) is 0. The van der Waals surface area contributed by atoms with E-state index in [2.05, 4.69) is 42.7 Å². The molecule has 1 unspecified atom stereocenters. The number of fused-ring (bicyclic) bond motifs is 1. The van der Waals surface area contributed by atoms with Crippen LogP contribution in [0.4, 0.5) is 0 Å². The molecule has 94 valence electrons. The number of hydrogen-bond acceptors (Lipinski definition) is 3. The van der Waals surface area contributed by atoms with Crippen LogP contribution in [0.25, 0.3) is 0 Å². The summed E-state index contributed by atoms with van der Waals surface area (Å²) in [6.45, 7) is 6.34. The van der Waals surface area contributed by atoms with Crippen molar-refractivity contribution in [3.63, 3.8) is 0 Å². The molecule has 0 saturated carbocycles. The second-order valence-electron chi connectivity index (χ2n) is 4.98. The Morgan fingerprint density at radius 1 is 1.41 bits per heavy atom. The first-order chi connectivity index (χ1) is 8.19. The first-order valence-corrected chi connectivity index (χ1v) is 6.31. The molecule has 0 aromatic heterocycles. The lowest BCUT2D eigenvalue weighted by Gasteiger charge is -2.27. The molecule has 0 fully saturated rings. The zero-order valence-corrected chi connectivity index (χ0v) is 10.9. The molecule has 0 aliphatic carbocycles. The number of hydrogen-bond donors (Lipinski definition) is 2. The van der Waals surface area contributed by atoms with E-state index < -0.39 is 0 Å². The number of ether oxygens (including phenoxy) is 1. The lowest BCUT2D eigenvalue weighted by molar-refractivity contribution is 0.407. The molecule has 0 amide bonds. The van der Waals surface area contributed by atoms with Crippen LogP contribution in [0.2, 0.25) is 0 Å². The van der Waals surface area contributed by atoms with E-state index in [1.807, 2.05) is 0 Å². The number of nitrogens with one attached hydrogen (secondary N) is 2. The Bertz CT molecular complexity index is 376. The van der Waals surface area contributed by atoms with Gasteiger partial charge in [-0.3, -0.25) is 0 Å². The minimum Gasteiger partial charge on any atom is -0.497 e. The van der Waals surface area contributed by atoms with Crippen LogP contribution in [0.5, 0.6) is 5.75 Å².